The van der Waals surface area contributed by atoms with E-state index in [4.69, 9.17) is 5.73 Å². The fourth-order valence-electron chi connectivity index (χ4n) is 2.04. The summed E-state index contributed by atoms with van der Waals surface area (Å²) in [5.41, 5.74) is 6.76. The van der Waals surface area contributed by atoms with E-state index in [0.29, 0.717) is 24.3 Å². The molecule has 0 bridgehead atoms. The zero-order valence-corrected chi connectivity index (χ0v) is 15.9. The monoisotopic (exact) mass is 365 g/mol. The Kier molecular flexibility index (Phi) is 9.17. The molecular weight excluding hydrogens is 338 g/mol. The Bertz CT molecular complexity index is 596. The topological polar surface area (TPSA) is 75.4 Å². The first-order valence-corrected chi connectivity index (χ1v) is 7.88. The number of rotatable bonds is 7. The molecule has 0 saturated carbocycles. The third-order valence-electron chi connectivity index (χ3n) is 3.60. The van der Waals surface area contributed by atoms with Gasteiger partial charge >= 0.3 is 0 Å². The van der Waals surface area contributed by atoms with Gasteiger partial charge in [0.1, 0.15) is 0 Å². The van der Waals surface area contributed by atoms with Crippen LogP contribution in [0.3, 0.4) is 0 Å². The van der Waals surface area contributed by atoms with Gasteiger partial charge in [-0.1, -0.05) is 32.9 Å². The van der Waals surface area contributed by atoms with Gasteiger partial charge in [0.05, 0.1) is 6.04 Å². The lowest BCUT2D eigenvalue weighted by atomic mass is 9.87. The Balaban J connectivity index is 0.00000576. The Morgan fingerprint density at radius 2 is 1.64 bits per heavy atom. The van der Waals surface area contributed by atoms with Crippen molar-refractivity contribution in [3.05, 3.63) is 55.1 Å². The molecule has 0 spiro atoms. The summed E-state index contributed by atoms with van der Waals surface area (Å²) in [6, 6.07) is 6.13. The first-order valence-electron chi connectivity index (χ1n) is 7.88. The Hall–Kier alpha value is -2.11. The maximum absolute atomic E-state index is 12.4. The summed E-state index contributed by atoms with van der Waals surface area (Å²) in [5.74, 6) is -0.361. The highest BCUT2D eigenvalue weighted by Gasteiger charge is 2.27. The van der Waals surface area contributed by atoms with Gasteiger partial charge < -0.3 is 16.0 Å². The van der Waals surface area contributed by atoms with Crippen molar-refractivity contribution in [2.45, 2.75) is 26.8 Å². The van der Waals surface area contributed by atoms with Crippen molar-refractivity contribution >= 4 is 29.9 Å². The molecule has 1 aromatic rings. The van der Waals surface area contributed by atoms with E-state index in [1.807, 2.05) is 20.8 Å². The van der Waals surface area contributed by atoms with Crippen molar-refractivity contribution in [2.24, 2.45) is 11.1 Å². The summed E-state index contributed by atoms with van der Waals surface area (Å²) in [5, 5.41) is 2.77. The fraction of sp³-hybridized carbons (Fsp3) is 0.368. The number of hydrogen-bond donors (Lipinski definition) is 2. The molecule has 0 fully saturated rings. The molecule has 3 N–H and O–H groups in total. The Morgan fingerprint density at radius 1 is 1.16 bits per heavy atom. The van der Waals surface area contributed by atoms with Crippen molar-refractivity contribution in [1.29, 1.82) is 0 Å². The maximum atomic E-state index is 12.4. The normalized spacial score (nSPS) is 11.7. The van der Waals surface area contributed by atoms with E-state index in [-0.39, 0.29) is 29.6 Å². The van der Waals surface area contributed by atoms with Crippen LogP contribution in [0.25, 0.3) is 0 Å². The van der Waals surface area contributed by atoms with Gasteiger partial charge in [-0.3, -0.25) is 9.59 Å². The summed E-state index contributed by atoms with van der Waals surface area (Å²) < 4.78 is 0. The zero-order valence-electron chi connectivity index (χ0n) is 15.1. The highest BCUT2D eigenvalue weighted by atomic mass is 35.5. The minimum atomic E-state index is -0.616. The summed E-state index contributed by atoms with van der Waals surface area (Å²) in [6.45, 7) is 13.9. The minimum absolute atomic E-state index is 0. The molecule has 1 aromatic carbocycles. The second kappa shape index (κ2) is 10.0. The molecule has 0 heterocycles. The van der Waals surface area contributed by atoms with Gasteiger partial charge in [-0.2, -0.15) is 0 Å². The van der Waals surface area contributed by atoms with Gasteiger partial charge in [-0.25, -0.2) is 0 Å². The molecule has 0 radical (unpaired) electrons. The molecule has 0 unspecified atom stereocenters. The van der Waals surface area contributed by atoms with E-state index in [2.05, 4.69) is 18.5 Å². The molecule has 0 aliphatic carbocycles. The first kappa shape index (κ1) is 22.9. The van der Waals surface area contributed by atoms with Crippen LogP contribution >= 0.6 is 12.4 Å². The van der Waals surface area contributed by atoms with Crippen molar-refractivity contribution in [1.82, 2.24) is 4.90 Å². The number of nitrogens with zero attached hydrogens (tertiary/aromatic N) is 1. The number of anilines is 1. The highest BCUT2D eigenvalue weighted by Crippen LogP contribution is 2.19. The molecule has 5 nitrogen and oxygen atoms in total. The van der Waals surface area contributed by atoms with Gasteiger partial charge in [0, 0.05) is 24.3 Å². The molecule has 0 aromatic heterocycles. The summed E-state index contributed by atoms with van der Waals surface area (Å²) in [6.07, 6.45) is 3.34. The smallest absolute Gasteiger partial charge is 0.254 e. The number of nitrogens with two attached hydrogens (primary N) is 1. The number of hydrogen-bond acceptors (Lipinski definition) is 3. The predicted molar refractivity (Wildman–Crippen MR) is 106 cm³/mol. The molecular formula is C19H28ClN3O2. The number of amides is 2. The molecule has 25 heavy (non-hydrogen) atoms. The highest BCUT2D eigenvalue weighted by molar-refractivity contribution is 5.97. The van der Waals surface area contributed by atoms with Crippen LogP contribution in [-0.2, 0) is 4.79 Å². The molecule has 0 aliphatic rings. The second-order valence-electron chi connectivity index (χ2n) is 6.70. The lowest BCUT2D eigenvalue weighted by molar-refractivity contribution is -0.119. The average molecular weight is 366 g/mol. The zero-order chi connectivity index (χ0) is 18.3. The SMILES string of the molecule is C=CCN(CC=C)C(=O)c1ccc(NC(=O)[C@@H](N)C(C)(C)C)cc1.Cl. The molecule has 138 valence electrons. The number of carbonyl (C=O) groups excluding carboxylic acids is 2. The quantitative estimate of drug-likeness (QED) is 0.728. The van der Waals surface area contributed by atoms with Gasteiger partial charge in [0.15, 0.2) is 0 Å². The third kappa shape index (κ3) is 6.72. The van der Waals surface area contributed by atoms with E-state index in [9.17, 15) is 9.59 Å². The molecule has 6 heteroatoms. The van der Waals surface area contributed by atoms with Gasteiger partial charge in [0.2, 0.25) is 5.91 Å². The lowest BCUT2D eigenvalue weighted by Crippen LogP contribution is -2.45. The van der Waals surface area contributed by atoms with Crippen molar-refractivity contribution < 1.29 is 9.59 Å². The van der Waals surface area contributed by atoms with Crippen LogP contribution in [0.15, 0.2) is 49.6 Å². The molecule has 0 saturated heterocycles. The van der Waals surface area contributed by atoms with E-state index >= 15 is 0 Å². The minimum Gasteiger partial charge on any atom is -0.331 e. The second-order valence-corrected chi connectivity index (χ2v) is 6.70. The Morgan fingerprint density at radius 3 is 2.04 bits per heavy atom. The maximum Gasteiger partial charge on any atom is 0.254 e. The largest absolute Gasteiger partial charge is 0.331 e. The summed E-state index contributed by atoms with van der Waals surface area (Å²) in [4.78, 5) is 26.2. The molecule has 2 amide bonds. The van der Waals surface area contributed by atoms with Gasteiger partial charge in [0.25, 0.3) is 5.91 Å². The van der Waals surface area contributed by atoms with Crippen molar-refractivity contribution in [2.75, 3.05) is 18.4 Å². The summed E-state index contributed by atoms with van der Waals surface area (Å²) in [7, 11) is 0. The van der Waals surface area contributed by atoms with Gasteiger partial charge in [-0.15, -0.1) is 25.6 Å². The van der Waals surface area contributed by atoms with E-state index < -0.39 is 6.04 Å². The number of halogens is 1. The van der Waals surface area contributed by atoms with Crippen LogP contribution in [0.5, 0.6) is 0 Å². The van der Waals surface area contributed by atoms with Crippen molar-refractivity contribution in [3.63, 3.8) is 0 Å². The summed E-state index contributed by atoms with van der Waals surface area (Å²) >= 11 is 0. The van der Waals surface area contributed by atoms with Crippen LogP contribution in [0.2, 0.25) is 0 Å². The van der Waals surface area contributed by atoms with Crippen molar-refractivity contribution in [3.8, 4) is 0 Å². The molecule has 1 atom stereocenters. The third-order valence-corrected chi connectivity index (χ3v) is 3.60. The Labute approximate surface area is 156 Å². The van der Waals surface area contributed by atoms with Gasteiger partial charge in [-0.05, 0) is 29.7 Å². The van der Waals surface area contributed by atoms with Crippen LogP contribution < -0.4 is 11.1 Å². The molecule has 0 aliphatic heterocycles. The van der Waals surface area contributed by atoms with Crippen LogP contribution in [-0.4, -0.2) is 35.8 Å². The van der Waals surface area contributed by atoms with E-state index in [0.717, 1.165) is 0 Å². The number of carbonyl (C=O) groups is 2. The standard InChI is InChI=1S/C19H27N3O2.ClH/c1-6-12-22(13-7-2)18(24)14-8-10-15(11-9-14)21-17(23)16(20)19(3,4)5;/h6-11,16H,1-2,12-13,20H2,3-5H3,(H,21,23);1H/t16-;/m1./s1. The number of nitrogens with one attached hydrogen (secondary N) is 1. The first-order chi connectivity index (χ1) is 11.2. The average Bonchev–Trinajstić information content (AvgIpc) is 2.53. The van der Waals surface area contributed by atoms with Crippen LogP contribution in [0.4, 0.5) is 5.69 Å². The van der Waals surface area contributed by atoms with E-state index in [1.54, 1.807) is 41.3 Å². The lowest BCUT2D eigenvalue weighted by Gasteiger charge is -2.25. The number of benzene rings is 1. The molecule has 1 rings (SSSR count). The fourth-order valence-corrected chi connectivity index (χ4v) is 2.04. The predicted octanol–water partition coefficient (Wildman–Crippen LogP) is 3.23. The van der Waals surface area contributed by atoms with E-state index in [1.165, 1.54) is 0 Å². The van der Waals surface area contributed by atoms with Crippen LogP contribution in [0.1, 0.15) is 31.1 Å². The van der Waals surface area contributed by atoms with Crippen LogP contribution in [0, 0.1) is 5.41 Å².